The fourth-order valence-corrected chi connectivity index (χ4v) is 1.54. The summed E-state index contributed by atoms with van der Waals surface area (Å²) in [6.45, 7) is 2.19. The third-order valence-corrected chi connectivity index (χ3v) is 2.43. The van der Waals surface area contributed by atoms with E-state index >= 15 is 0 Å². The molecule has 0 aliphatic heterocycles. The first-order valence-corrected chi connectivity index (χ1v) is 6.50. The second-order valence-corrected chi connectivity index (χ2v) is 4.40. The molecule has 4 nitrogen and oxygen atoms in total. The van der Waals surface area contributed by atoms with Gasteiger partial charge in [0.15, 0.2) is 0 Å². The van der Waals surface area contributed by atoms with Crippen LogP contribution in [0.1, 0.15) is 51.9 Å². The molecule has 0 aromatic heterocycles. The van der Waals surface area contributed by atoms with Crippen molar-refractivity contribution in [3.63, 3.8) is 0 Å². The van der Waals surface area contributed by atoms with E-state index in [4.69, 9.17) is 0 Å². The molecule has 0 saturated carbocycles. The van der Waals surface area contributed by atoms with Gasteiger partial charge < -0.3 is 4.55 Å². The van der Waals surface area contributed by atoms with Crippen molar-refractivity contribution >= 4 is 10.4 Å². The van der Waals surface area contributed by atoms with Gasteiger partial charge in [0, 0.05) is 0 Å². The molecule has 0 bridgehead atoms. The third-order valence-electron chi connectivity index (χ3n) is 1.98. The van der Waals surface area contributed by atoms with Crippen LogP contribution in [0.25, 0.3) is 0 Å². The molecule has 0 atom stereocenters. The Morgan fingerprint density at radius 2 is 1.47 bits per heavy atom. The van der Waals surface area contributed by atoms with Crippen molar-refractivity contribution in [2.45, 2.75) is 51.9 Å². The average Bonchev–Trinajstić information content (AvgIpc) is 2.08. The van der Waals surface area contributed by atoms with Crippen molar-refractivity contribution in [1.82, 2.24) is 0 Å². The Morgan fingerprint density at radius 1 is 1.00 bits per heavy atom. The summed E-state index contributed by atoms with van der Waals surface area (Å²) in [5.41, 5.74) is 0. The van der Waals surface area contributed by atoms with E-state index in [9.17, 15) is 13.0 Å². The van der Waals surface area contributed by atoms with E-state index in [0.29, 0.717) is 6.42 Å². The Morgan fingerprint density at radius 3 is 1.93 bits per heavy atom. The molecule has 0 aliphatic rings. The Bertz CT molecular complexity index is 216. The minimum absolute atomic E-state index is 0. The van der Waals surface area contributed by atoms with Crippen molar-refractivity contribution in [2.24, 2.45) is 0 Å². The molecular weight excluding hydrogens is 211 g/mol. The predicted molar refractivity (Wildman–Crippen MR) is 53.6 cm³/mol. The zero-order chi connectivity index (χ0) is 10.9. The van der Waals surface area contributed by atoms with Crippen molar-refractivity contribution in [3.8, 4) is 0 Å². The normalized spacial score (nSPS) is 11.1. The van der Waals surface area contributed by atoms with Gasteiger partial charge in [-0.1, -0.05) is 45.4 Å². The first-order valence-electron chi connectivity index (χ1n) is 5.16. The average molecular weight is 230 g/mol. The van der Waals surface area contributed by atoms with E-state index < -0.39 is 10.4 Å². The number of hydrogen-bond donors (Lipinski definition) is 0. The maximum Gasteiger partial charge on any atom is 1.00 e. The Balaban J connectivity index is 0. The number of unbranched alkanes of at least 4 members (excludes halogenated alkanes) is 6. The molecular formula is C9H19LiO4S. The molecule has 6 heteroatoms. The van der Waals surface area contributed by atoms with Gasteiger partial charge in [0.1, 0.15) is 0 Å². The van der Waals surface area contributed by atoms with Crippen molar-refractivity contribution in [2.75, 3.05) is 6.61 Å². The molecule has 0 spiro atoms. The van der Waals surface area contributed by atoms with Crippen LogP contribution >= 0.6 is 0 Å². The molecule has 0 aromatic rings. The fourth-order valence-electron chi connectivity index (χ4n) is 1.22. The maximum absolute atomic E-state index is 10.0. The molecule has 0 aliphatic carbocycles. The second-order valence-electron chi connectivity index (χ2n) is 3.35. The third kappa shape index (κ3) is 17.1. The minimum atomic E-state index is -4.48. The standard InChI is InChI=1S/C9H20O4S.Li/c1-2-3-4-5-6-7-8-9-13-14(10,11)12;/h2-9H2,1H3,(H,10,11,12);/q;+1/p-1. The van der Waals surface area contributed by atoms with Crippen LogP contribution in [0, 0.1) is 0 Å². The van der Waals surface area contributed by atoms with Crippen LogP contribution in [0.5, 0.6) is 0 Å². The van der Waals surface area contributed by atoms with Crippen LogP contribution in [0.3, 0.4) is 0 Å². The molecule has 0 amide bonds. The molecule has 0 fully saturated rings. The quantitative estimate of drug-likeness (QED) is 0.225. The van der Waals surface area contributed by atoms with E-state index in [-0.39, 0.29) is 25.5 Å². The smallest absolute Gasteiger partial charge is 0.726 e. The van der Waals surface area contributed by atoms with Gasteiger partial charge in [-0.05, 0) is 6.42 Å². The van der Waals surface area contributed by atoms with Gasteiger partial charge in [0.05, 0.1) is 6.61 Å². The van der Waals surface area contributed by atoms with E-state index in [1.54, 1.807) is 0 Å². The molecule has 0 heterocycles. The summed E-state index contributed by atoms with van der Waals surface area (Å²) in [5, 5.41) is 0. The molecule has 0 saturated heterocycles. The van der Waals surface area contributed by atoms with Crippen molar-refractivity contribution in [1.29, 1.82) is 0 Å². The molecule has 86 valence electrons. The Labute approximate surface area is 105 Å². The van der Waals surface area contributed by atoms with Gasteiger partial charge in [-0.2, -0.15) is 0 Å². The Hall–Kier alpha value is 0.467. The Kier molecular flexibility index (Phi) is 13.1. The van der Waals surface area contributed by atoms with Crippen molar-refractivity contribution in [3.05, 3.63) is 0 Å². The van der Waals surface area contributed by atoms with Crippen LogP contribution in [-0.4, -0.2) is 19.6 Å². The summed E-state index contributed by atoms with van der Waals surface area (Å²) < 4.78 is 34.2. The molecule has 15 heavy (non-hydrogen) atoms. The summed E-state index contributed by atoms with van der Waals surface area (Å²) in [5.74, 6) is 0. The van der Waals surface area contributed by atoms with E-state index in [0.717, 1.165) is 12.8 Å². The van der Waals surface area contributed by atoms with E-state index in [2.05, 4.69) is 11.1 Å². The van der Waals surface area contributed by atoms with Gasteiger partial charge >= 0.3 is 18.9 Å². The summed E-state index contributed by atoms with van der Waals surface area (Å²) >= 11 is 0. The van der Waals surface area contributed by atoms with Gasteiger partial charge in [-0.3, -0.25) is 4.18 Å². The first-order chi connectivity index (χ1) is 6.56. The monoisotopic (exact) mass is 230 g/mol. The summed E-state index contributed by atoms with van der Waals surface area (Å²) in [7, 11) is -4.48. The van der Waals surface area contributed by atoms with Gasteiger partial charge in [0.25, 0.3) is 0 Å². The number of hydrogen-bond acceptors (Lipinski definition) is 4. The van der Waals surface area contributed by atoms with Crippen LogP contribution in [-0.2, 0) is 14.6 Å². The molecule has 0 rings (SSSR count). The summed E-state index contributed by atoms with van der Waals surface area (Å²) in [4.78, 5) is 0. The largest absolute Gasteiger partial charge is 1.00 e. The van der Waals surface area contributed by atoms with Gasteiger partial charge in [0.2, 0.25) is 10.4 Å². The topological polar surface area (TPSA) is 66.4 Å². The van der Waals surface area contributed by atoms with Crippen LogP contribution in [0.4, 0.5) is 0 Å². The van der Waals surface area contributed by atoms with Crippen molar-refractivity contribution < 1.29 is 36.0 Å². The van der Waals surface area contributed by atoms with Gasteiger partial charge in [-0.15, -0.1) is 0 Å². The molecule has 0 radical (unpaired) electrons. The van der Waals surface area contributed by atoms with E-state index in [1.807, 2.05) is 0 Å². The first kappa shape index (κ1) is 17.8. The zero-order valence-electron chi connectivity index (χ0n) is 9.70. The van der Waals surface area contributed by atoms with Crippen LogP contribution in [0.2, 0.25) is 0 Å². The molecule has 0 aromatic carbocycles. The summed E-state index contributed by atoms with van der Waals surface area (Å²) in [6.07, 6.45) is 7.55. The second kappa shape index (κ2) is 11.0. The number of rotatable bonds is 9. The summed E-state index contributed by atoms with van der Waals surface area (Å²) in [6, 6.07) is 0. The zero-order valence-corrected chi connectivity index (χ0v) is 10.5. The minimum Gasteiger partial charge on any atom is -0.726 e. The maximum atomic E-state index is 10.0. The fraction of sp³-hybridized carbons (Fsp3) is 1.00. The molecule has 0 unspecified atom stereocenters. The van der Waals surface area contributed by atoms with Gasteiger partial charge in [-0.25, -0.2) is 8.42 Å². The SMILES string of the molecule is CCCCCCCCCOS(=O)(=O)[O-].[Li+]. The van der Waals surface area contributed by atoms with Crippen LogP contribution < -0.4 is 18.9 Å². The molecule has 0 N–H and O–H groups in total. The predicted octanol–water partition coefficient (Wildman–Crippen LogP) is -0.782. The van der Waals surface area contributed by atoms with E-state index in [1.165, 1.54) is 25.7 Å². The van der Waals surface area contributed by atoms with Crippen LogP contribution in [0.15, 0.2) is 0 Å².